The Labute approximate surface area is 111 Å². The van der Waals surface area contributed by atoms with E-state index in [2.05, 4.69) is 28.5 Å². The van der Waals surface area contributed by atoms with Gasteiger partial charge < -0.3 is 10.1 Å². The van der Waals surface area contributed by atoms with Gasteiger partial charge in [-0.05, 0) is 22.9 Å². The summed E-state index contributed by atoms with van der Waals surface area (Å²) >= 11 is 0. The number of nitrogens with zero attached hydrogens (tertiary/aromatic N) is 1. The molecular formula is C16H14N2O. The van der Waals surface area contributed by atoms with Crippen molar-refractivity contribution in [1.29, 1.82) is 0 Å². The molecule has 3 nitrogen and oxygen atoms in total. The number of hydrogen-bond donors (Lipinski definition) is 1. The number of rotatable bonds is 3. The van der Waals surface area contributed by atoms with Gasteiger partial charge in [0.15, 0.2) is 0 Å². The van der Waals surface area contributed by atoms with Gasteiger partial charge in [0.2, 0.25) is 0 Å². The molecule has 3 heteroatoms. The van der Waals surface area contributed by atoms with Crippen LogP contribution in [-0.2, 0) is 0 Å². The fourth-order valence-corrected chi connectivity index (χ4v) is 1.98. The summed E-state index contributed by atoms with van der Waals surface area (Å²) in [5, 5.41) is 5.41. The van der Waals surface area contributed by atoms with E-state index in [1.165, 1.54) is 5.39 Å². The third-order valence-electron chi connectivity index (χ3n) is 2.96. The molecule has 0 spiro atoms. The van der Waals surface area contributed by atoms with Gasteiger partial charge in [-0.15, -0.1) is 0 Å². The van der Waals surface area contributed by atoms with Crippen molar-refractivity contribution in [1.82, 2.24) is 4.98 Å². The van der Waals surface area contributed by atoms with Crippen LogP contribution < -0.4 is 10.1 Å². The Bertz CT molecular complexity index is 710. The highest BCUT2D eigenvalue weighted by molar-refractivity contribution is 5.83. The Hall–Kier alpha value is -2.55. The summed E-state index contributed by atoms with van der Waals surface area (Å²) in [7, 11) is 1.86. The molecule has 0 bridgehead atoms. The third-order valence-corrected chi connectivity index (χ3v) is 2.96. The number of benzene rings is 2. The first-order valence-electron chi connectivity index (χ1n) is 6.14. The van der Waals surface area contributed by atoms with E-state index in [1.54, 1.807) is 12.4 Å². The predicted molar refractivity (Wildman–Crippen MR) is 77.8 cm³/mol. The number of aromatic nitrogens is 1. The number of nitrogens with one attached hydrogen (secondary N) is 1. The zero-order chi connectivity index (χ0) is 13.1. The summed E-state index contributed by atoms with van der Waals surface area (Å²) in [5.41, 5.74) is 0.929. The van der Waals surface area contributed by atoms with E-state index < -0.39 is 0 Å². The van der Waals surface area contributed by atoms with Crippen molar-refractivity contribution in [2.24, 2.45) is 0 Å². The van der Waals surface area contributed by atoms with E-state index in [-0.39, 0.29) is 0 Å². The molecule has 0 radical (unpaired) electrons. The number of fused-ring (bicyclic) bond motifs is 1. The minimum absolute atomic E-state index is 0.724. The summed E-state index contributed by atoms with van der Waals surface area (Å²) < 4.78 is 5.83. The van der Waals surface area contributed by atoms with Crippen molar-refractivity contribution in [3.8, 4) is 11.5 Å². The zero-order valence-corrected chi connectivity index (χ0v) is 10.6. The van der Waals surface area contributed by atoms with Crippen molar-refractivity contribution < 1.29 is 4.74 Å². The maximum Gasteiger partial charge on any atom is 0.147 e. The van der Waals surface area contributed by atoms with Crippen LogP contribution in [0.2, 0.25) is 0 Å². The lowest BCUT2D eigenvalue weighted by Gasteiger charge is -2.08. The first-order valence-corrected chi connectivity index (χ1v) is 6.14. The number of pyridine rings is 1. The lowest BCUT2D eigenvalue weighted by molar-refractivity contribution is 0.481. The topological polar surface area (TPSA) is 34.2 Å². The quantitative estimate of drug-likeness (QED) is 0.760. The minimum Gasteiger partial charge on any atom is -0.456 e. The van der Waals surface area contributed by atoms with Crippen LogP contribution in [0.25, 0.3) is 10.8 Å². The summed E-state index contributed by atoms with van der Waals surface area (Å²) in [5.74, 6) is 1.54. The minimum atomic E-state index is 0.724. The SMILES string of the molecule is CNc1cncc(Oc2ccc3ccccc3c2)c1. The summed E-state index contributed by atoms with van der Waals surface area (Å²) in [6.45, 7) is 0. The Morgan fingerprint density at radius 3 is 2.58 bits per heavy atom. The van der Waals surface area contributed by atoms with Gasteiger partial charge in [0.1, 0.15) is 11.5 Å². The van der Waals surface area contributed by atoms with Crippen molar-refractivity contribution in [3.05, 3.63) is 60.9 Å². The molecule has 19 heavy (non-hydrogen) atoms. The number of ether oxygens (including phenoxy) is 1. The fraction of sp³-hybridized carbons (Fsp3) is 0.0625. The second kappa shape index (κ2) is 4.98. The van der Waals surface area contributed by atoms with E-state index in [1.807, 2.05) is 37.4 Å². The maximum atomic E-state index is 5.83. The third kappa shape index (κ3) is 2.50. The van der Waals surface area contributed by atoms with Gasteiger partial charge >= 0.3 is 0 Å². The Morgan fingerprint density at radius 1 is 0.895 bits per heavy atom. The molecule has 0 saturated carbocycles. The molecule has 1 aromatic heterocycles. The molecule has 3 rings (SSSR count). The molecule has 1 heterocycles. The molecule has 0 saturated heterocycles. The molecule has 0 amide bonds. The normalized spacial score (nSPS) is 10.4. The largest absolute Gasteiger partial charge is 0.456 e. The van der Waals surface area contributed by atoms with Crippen molar-refractivity contribution >= 4 is 16.5 Å². The van der Waals surface area contributed by atoms with Crippen LogP contribution in [-0.4, -0.2) is 12.0 Å². The van der Waals surface area contributed by atoms with Gasteiger partial charge in [-0.1, -0.05) is 30.3 Å². The molecule has 3 aromatic rings. The highest BCUT2D eigenvalue weighted by atomic mass is 16.5. The molecular weight excluding hydrogens is 236 g/mol. The van der Waals surface area contributed by atoms with E-state index in [0.717, 1.165) is 22.6 Å². The van der Waals surface area contributed by atoms with Crippen molar-refractivity contribution in [2.75, 3.05) is 12.4 Å². The lowest BCUT2D eigenvalue weighted by Crippen LogP contribution is -1.91. The van der Waals surface area contributed by atoms with Crippen LogP contribution in [0.15, 0.2) is 60.9 Å². The molecule has 0 atom stereocenters. The van der Waals surface area contributed by atoms with Crippen LogP contribution in [0.4, 0.5) is 5.69 Å². The highest BCUT2D eigenvalue weighted by Crippen LogP contribution is 2.26. The Morgan fingerprint density at radius 2 is 1.74 bits per heavy atom. The summed E-state index contributed by atoms with van der Waals surface area (Å²) in [6.07, 6.45) is 3.46. The van der Waals surface area contributed by atoms with Crippen LogP contribution in [0.1, 0.15) is 0 Å². The maximum absolute atomic E-state index is 5.83. The molecule has 1 N–H and O–H groups in total. The smallest absolute Gasteiger partial charge is 0.147 e. The average Bonchev–Trinajstić information content (AvgIpc) is 2.47. The van der Waals surface area contributed by atoms with E-state index in [4.69, 9.17) is 4.74 Å². The second-order valence-corrected chi connectivity index (χ2v) is 4.27. The first kappa shape index (κ1) is 11.5. The monoisotopic (exact) mass is 250 g/mol. The molecule has 0 fully saturated rings. The number of hydrogen-bond acceptors (Lipinski definition) is 3. The summed E-state index contributed by atoms with van der Waals surface area (Å²) in [4.78, 5) is 4.13. The van der Waals surface area contributed by atoms with Crippen LogP contribution >= 0.6 is 0 Å². The van der Waals surface area contributed by atoms with Crippen molar-refractivity contribution in [3.63, 3.8) is 0 Å². The van der Waals surface area contributed by atoms with E-state index in [0.29, 0.717) is 0 Å². The highest BCUT2D eigenvalue weighted by Gasteiger charge is 2.00. The number of anilines is 1. The van der Waals surface area contributed by atoms with Gasteiger partial charge in [0.05, 0.1) is 18.1 Å². The second-order valence-electron chi connectivity index (χ2n) is 4.27. The van der Waals surface area contributed by atoms with Gasteiger partial charge in [-0.3, -0.25) is 4.98 Å². The van der Waals surface area contributed by atoms with Gasteiger partial charge in [0.25, 0.3) is 0 Å². The molecule has 0 aliphatic heterocycles. The molecule has 0 aliphatic rings. The average molecular weight is 250 g/mol. The molecule has 94 valence electrons. The van der Waals surface area contributed by atoms with Crippen LogP contribution in [0, 0.1) is 0 Å². The fourth-order valence-electron chi connectivity index (χ4n) is 1.98. The van der Waals surface area contributed by atoms with Gasteiger partial charge in [0, 0.05) is 13.1 Å². The van der Waals surface area contributed by atoms with Crippen LogP contribution in [0.5, 0.6) is 11.5 Å². The molecule has 2 aromatic carbocycles. The lowest BCUT2D eigenvalue weighted by atomic mass is 10.1. The van der Waals surface area contributed by atoms with Crippen molar-refractivity contribution in [2.45, 2.75) is 0 Å². The Kier molecular flexibility index (Phi) is 3.02. The zero-order valence-electron chi connectivity index (χ0n) is 10.6. The predicted octanol–water partition coefficient (Wildman–Crippen LogP) is 4.07. The summed E-state index contributed by atoms with van der Waals surface area (Å²) in [6, 6.07) is 16.2. The molecule has 0 aliphatic carbocycles. The first-order chi connectivity index (χ1) is 9.35. The van der Waals surface area contributed by atoms with E-state index in [9.17, 15) is 0 Å². The van der Waals surface area contributed by atoms with Gasteiger partial charge in [-0.2, -0.15) is 0 Å². The van der Waals surface area contributed by atoms with Crippen LogP contribution in [0.3, 0.4) is 0 Å². The van der Waals surface area contributed by atoms with Gasteiger partial charge in [-0.25, -0.2) is 0 Å². The van der Waals surface area contributed by atoms with E-state index >= 15 is 0 Å². The standard InChI is InChI=1S/C16H14N2O/c1-17-14-9-16(11-18-10-14)19-15-7-6-12-4-2-3-5-13(12)8-15/h2-11,17H,1H3. The molecule has 0 unspecified atom stereocenters. The Balaban J connectivity index is 1.92.